The largest absolute Gasteiger partial charge is 0.434 e. The Labute approximate surface area is 147 Å². The van der Waals surface area contributed by atoms with E-state index in [2.05, 4.69) is 9.97 Å². The first kappa shape index (κ1) is 17.8. The normalized spacial score (nSPS) is 16.4. The Morgan fingerprint density at radius 2 is 2.04 bits per heavy atom. The first-order valence-corrected chi connectivity index (χ1v) is 8.20. The van der Waals surface area contributed by atoms with Gasteiger partial charge in [-0.3, -0.25) is 0 Å². The van der Waals surface area contributed by atoms with Crippen molar-refractivity contribution in [1.29, 1.82) is 5.26 Å². The van der Waals surface area contributed by atoms with E-state index >= 15 is 0 Å². The zero-order chi connectivity index (χ0) is 18.4. The summed E-state index contributed by atoms with van der Waals surface area (Å²) >= 11 is 6.12. The van der Waals surface area contributed by atoms with Crippen molar-refractivity contribution in [2.24, 2.45) is 5.92 Å². The number of H-pyrrole nitrogens is 1. The number of nitriles is 1. The third-order valence-corrected chi connectivity index (χ3v) is 5.05. The van der Waals surface area contributed by atoms with E-state index in [4.69, 9.17) is 11.6 Å². The van der Waals surface area contributed by atoms with E-state index in [0.717, 1.165) is 0 Å². The minimum absolute atomic E-state index is 0.0183. The first-order valence-electron chi connectivity index (χ1n) is 7.82. The lowest BCUT2D eigenvalue weighted by Gasteiger charge is -2.34. The number of aryl methyl sites for hydroxylation is 1. The zero-order valence-electron chi connectivity index (χ0n) is 13.4. The van der Waals surface area contributed by atoms with Crippen molar-refractivity contribution in [3.05, 3.63) is 22.0 Å². The lowest BCUT2D eigenvalue weighted by Crippen LogP contribution is -2.35. The van der Waals surface area contributed by atoms with Crippen molar-refractivity contribution in [2.45, 2.75) is 25.9 Å². The number of alkyl halides is 3. The molecule has 134 valence electrons. The highest BCUT2D eigenvalue weighted by atomic mass is 35.5. The molecule has 0 spiro atoms. The Bertz CT molecular complexity index is 848. The maximum absolute atomic E-state index is 13.4. The van der Waals surface area contributed by atoms with Crippen LogP contribution < -0.4 is 4.90 Å². The summed E-state index contributed by atoms with van der Waals surface area (Å²) in [4.78, 5) is 8.36. The lowest BCUT2D eigenvalue weighted by molar-refractivity contribution is -0.141. The third kappa shape index (κ3) is 3.02. The quantitative estimate of drug-likeness (QED) is 0.844. The monoisotopic (exact) mass is 372 g/mol. The van der Waals surface area contributed by atoms with Crippen LogP contribution in [0.15, 0.2) is 0 Å². The van der Waals surface area contributed by atoms with Crippen LogP contribution in [-0.2, 0) is 6.18 Å². The van der Waals surface area contributed by atoms with Crippen LogP contribution >= 0.6 is 11.6 Å². The SMILES string of the molecule is Cc1[nH]c2c(N3CCC(CO)CC3)c(C#N)c(C(F)(F)F)nc2c1Cl. The van der Waals surface area contributed by atoms with E-state index in [0.29, 0.717) is 37.1 Å². The molecular formula is C16H16ClF3N4O. The smallest absolute Gasteiger partial charge is 0.396 e. The number of aromatic amines is 1. The van der Waals surface area contributed by atoms with Gasteiger partial charge in [0.1, 0.15) is 17.1 Å². The number of hydrogen-bond donors (Lipinski definition) is 2. The van der Waals surface area contributed by atoms with Gasteiger partial charge in [-0.1, -0.05) is 11.6 Å². The van der Waals surface area contributed by atoms with Crippen molar-refractivity contribution in [2.75, 3.05) is 24.6 Å². The molecule has 0 amide bonds. The lowest BCUT2D eigenvalue weighted by atomic mass is 9.96. The maximum Gasteiger partial charge on any atom is 0.434 e. The average Bonchev–Trinajstić information content (AvgIpc) is 2.87. The number of rotatable bonds is 2. The Morgan fingerprint density at radius 3 is 2.56 bits per heavy atom. The highest BCUT2D eigenvalue weighted by Crippen LogP contribution is 2.42. The molecule has 3 heterocycles. The third-order valence-electron chi connectivity index (χ3n) is 4.59. The molecule has 2 N–H and O–H groups in total. The predicted octanol–water partition coefficient (Wildman–Crippen LogP) is 3.62. The molecule has 9 heteroatoms. The highest BCUT2D eigenvalue weighted by molar-refractivity contribution is 6.36. The van der Waals surface area contributed by atoms with E-state index in [1.54, 1.807) is 17.9 Å². The van der Waals surface area contributed by atoms with Gasteiger partial charge in [0.05, 0.1) is 16.2 Å². The van der Waals surface area contributed by atoms with Crippen molar-refractivity contribution in [1.82, 2.24) is 9.97 Å². The molecule has 2 aromatic rings. The predicted molar refractivity (Wildman–Crippen MR) is 87.6 cm³/mol. The summed E-state index contributed by atoms with van der Waals surface area (Å²) in [7, 11) is 0. The van der Waals surface area contributed by atoms with E-state index in [1.165, 1.54) is 0 Å². The second-order valence-electron chi connectivity index (χ2n) is 6.19. The topological polar surface area (TPSA) is 75.9 Å². The van der Waals surface area contributed by atoms with E-state index in [-0.39, 0.29) is 28.8 Å². The van der Waals surface area contributed by atoms with Gasteiger partial charge in [-0.25, -0.2) is 4.98 Å². The number of aliphatic hydroxyl groups is 1. The number of aromatic nitrogens is 2. The van der Waals surface area contributed by atoms with Gasteiger partial charge in [0.2, 0.25) is 0 Å². The number of nitrogens with zero attached hydrogens (tertiary/aromatic N) is 3. The number of anilines is 1. The van der Waals surface area contributed by atoms with Crippen LogP contribution in [0.5, 0.6) is 0 Å². The molecule has 3 rings (SSSR count). The molecule has 25 heavy (non-hydrogen) atoms. The highest BCUT2D eigenvalue weighted by Gasteiger charge is 2.39. The van der Waals surface area contributed by atoms with Crippen molar-refractivity contribution in [3.63, 3.8) is 0 Å². The number of nitrogens with one attached hydrogen (secondary N) is 1. The summed E-state index contributed by atoms with van der Waals surface area (Å²) in [5.74, 6) is 0.121. The standard InChI is InChI=1S/C16H16ClF3N4O/c1-8-11(17)12-13(22-8)14(24-4-2-9(7-25)3-5-24)10(6-21)15(23-12)16(18,19)20/h9,22,25H,2-5,7H2,1H3. The van der Waals surface area contributed by atoms with Gasteiger partial charge in [-0.2, -0.15) is 18.4 Å². The van der Waals surface area contributed by atoms with Gasteiger partial charge in [-0.05, 0) is 25.7 Å². The number of fused-ring (bicyclic) bond motifs is 1. The summed E-state index contributed by atoms with van der Waals surface area (Å²) in [5, 5.41) is 18.8. The molecule has 0 saturated carbocycles. The fourth-order valence-electron chi connectivity index (χ4n) is 3.24. The fraction of sp³-hybridized carbons (Fsp3) is 0.500. The summed E-state index contributed by atoms with van der Waals surface area (Å²) in [6, 6.07) is 1.68. The van der Waals surface area contributed by atoms with Crippen molar-refractivity contribution < 1.29 is 18.3 Å². The van der Waals surface area contributed by atoms with Crippen LogP contribution in [-0.4, -0.2) is 34.8 Å². The van der Waals surface area contributed by atoms with Gasteiger partial charge in [0.25, 0.3) is 0 Å². The first-order chi connectivity index (χ1) is 11.8. The number of hydrogen-bond acceptors (Lipinski definition) is 4. The average molecular weight is 373 g/mol. The Balaban J connectivity index is 2.25. The van der Waals surface area contributed by atoms with Gasteiger partial charge >= 0.3 is 6.18 Å². The number of aliphatic hydroxyl groups excluding tert-OH is 1. The Hall–Kier alpha value is -1.98. The van der Waals surface area contributed by atoms with Crippen LogP contribution in [0, 0.1) is 24.2 Å². The number of piperidine rings is 1. The number of pyridine rings is 1. The van der Waals surface area contributed by atoms with E-state index in [1.807, 2.05) is 0 Å². The molecule has 2 aromatic heterocycles. The molecule has 0 radical (unpaired) electrons. The molecule has 0 unspecified atom stereocenters. The second kappa shape index (κ2) is 6.39. The molecule has 1 saturated heterocycles. The van der Waals surface area contributed by atoms with Gasteiger partial charge in [0, 0.05) is 25.4 Å². The van der Waals surface area contributed by atoms with Crippen molar-refractivity contribution in [3.8, 4) is 6.07 Å². The van der Waals surface area contributed by atoms with Crippen LogP contribution in [0.2, 0.25) is 5.02 Å². The summed E-state index contributed by atoms with van der Waals surface area (Å²) in [6.07, 6.45) is -3.48. The Morgan fingerprint density at radius 1 is 1.40 bits per heavy atom. The fourth-order valence-corrected chi connectivity index (χ4v) is 3.42. The minimum atomic E-state index is -4.76. The molecule has 1 aliphatic rings. The Kier molecular flexibility index (Phi) is 4.56. The summed E-state index contributed by atoms with van der Waals surface area (Å²) < 4.78 is 40.3. The summed E-state index contributed by atoms with van der Waals surface area (Å²) in [5.41, 5.74) is -0.674. The van der Waals surface area contributed by atoms with Crippen molar-refractivity contribution >= 4 is 28.3 Å². The van der Waals surface area contributed by atoms with Crippen LogP contribution in [0.4, 0.5) is 18.9 Å². The molecule has 0 bridgehead atoms. The number of halogens is 4. The van der Waals surface area contributed by atoms with Gasteiger partial charge in [0.15, 0.2) is 5.69 Å². The molecule has 0 aromatic carbocycles. The van der Waals surface area contributed by atoms with Crippen LogP contribution in [0.1, 0.15) is 29.8 Å². The molecule has 0 atom stereocenters. The van der Waals surface area contributed by atoms with Gasteiger partial charge < -0.3 is 15.0 Å². The summed E-state index contributed by atoms with van der Waals surface area (Å²) in [6.45, 7) is 2.59. The van der Waals surface area contributed by atoms with Gasteiger partial charge in [-0.15, -0.1) is 0 Å². The molecular weight excluding hydrogens is 357 g/mol. The molecule has 5 nitrogen and oxygen atoms in total. The minimum Gasteiger partial charge on any atom is -0.396 e. The second-order valence-corrected chi connectivity index (χ2v) is 6.57. The van der Waals surface area contributed by atoms with E-state index in [9.17, 15) is 23.5 Å². The van der Waals surface area contributed by atoms with E-state index < -0.39 is 17.4 Å². The zero-order valence-corrected chi connectivity index (χ0v) is 14.2. The van der Waals surface area contributed by atoms with Crippen LogP contribution in [0.25, 0.3) is 11.0 Å². The molecule has 1 fully saturated rings. The van der Waals surface area contributed by atoms with Crippen LogP contribution in [0.3, 0.4) is 0 Å². The molecule has 1 aliphatic heterocycles. The molecule has 0 aliphatic carbocycles. The maximum atomic E-state index is 13.4.